The van der Waals surface area contributed by atoms with Gasteiger partial charge < -0.3 is 10.1 Å². The molecule has 0 saturated heterocycles. The standard InChI is InChI=1S/C20H22N4O3/c1-2-27-17-10-7-16(8-11-17)9-12-19(25)21-13-5-15-24-20(26)23-14-4-3-6-18(23)22-24/h3-4,6-12,14H,2,5,13,15H2,1H3,(H,21,25)/b12-9+. The average Bonchev–Trinajstić information content (AvgIpc) is 3.01. The van der Waals surface area contributed by atoms with E-state index >= 15 is 0 Å². The van der Waals surface area contributed by atoms with Crippen LogP contribution in [-0.2, 0) is 11.3 Å². The number of ether oxygens (including phenoxy) is 1. The maximum absolute atomic E-state index is 12.1. The second kappa shape index (κ2) is 8.84. The Morgan fingerprint density at radius 3 is 2.78 bits per heavy atom. The molecule has 27 heavy (non-hydrogen) atoms. The molecule has 0 aliphatic carbocycles. The molecule has 7 heteroatoms. The first kappa shape index (κ1) is 18.4. The summed E-state index contributed by atoms with van der Waals surface area (Å²) in [5.41, 5.74) is 1.36. The molecular formula is C20H22N4O3. The lowest BCUT2D eigenvalue weighted by atomic mass is 10.2. The Morgan fingerprint density at radius 1 is 1.22 bits per heavy atom. The van der Waals surface area contributed by atoms with Crippen LogP contribution in [0.15, 0.2) is 59.5 Å². The van der Waals surface area contributed by atoms with Crippen LogP contribution < -0.4 is 15.7 Å². The van der Waals surface area contributed by atoms with Gasteiger partial charge in [-0.25, -0.2) is 9.48 Å². The quantitative estimate of drug-likeness (QED) is 0.489. The summed E-state index contributed by atoms with van der Waals surface area (Å²) in [6.45, 7) is 3.47. The van der Waals surface area contributed by atoms with E-state index < -0.39 is 0 Å². The van der Waals surface area contributed by atoms with Gasteiger partial charge in [0.1, 0.15) is 5.75 Å². The van der Waals surface area contributed by atoms with Gasteiger partial charge in [-0.1, -0.05) is 18.2 Å². The highest BCUT2D eigenvalue weighted by molar-refractivity contribution is 5.91. The second-order valence-corrected chi connectivity index (χ2v) is 5.91. The van der Waals surface area contributed by atoms with Gasteiger partial charge in [-0.15, -0.1) is 5.10 Å². The lowest BCUT2D eigenvalue weighted by Crippen LogP contribution is -2.26. The molecule has 0 radical (unpaired) electrons. The molecule has 3 aromatic rings. The summed E-state index contributed by atoms with van der Waals surface area (Å²) in [6.07, 6.45) is 5.55. The van der Waals surface area contributed by atoms with E-state index in [0.29, 0.717) is 31.8 Å². The van der Waals surface area contributed by atoms with Crippen molar-refractivity contribution in [2.75, 3.05) is 13.2 Å². The molecule has 0 unspecified atom stereocenters. The number of aromatic nitrogens is 3. The number of nitrogens with zero attached hydrogens (tertiary/aromatic N) is 3. The third-order valence-electron chi connectivity index (χ3n) is 3.95. The van der Waals surface area contributed by atoms with Crippen molar-refractivity contribution >= 4 is 17.6 Å². The lowest BCUT2D eigenvalue weighted by Gasteiger charge is -2.03. The molecule has 1 N–H and O–H groups in total. The van der Waals surface area contributed by atoms with Gasteiger partial charge in [0, 0.05) is 25.4 Å². The van der Waals surface area contributed by atoms with Crippen molar-refractivity contribution in [1.82, 2.24) is 19.5 Å². The molecule has 7 nitrogen and oxygen atoms in total. The summed E-state index contributed by atoms with van der Waals surface area (Å²) in [6, 6.07) is 12.9. The smallest absolute Gasteiger partial charge is 0.350 e. The third-order valence-corrected chi connectivity index (χ3v) is 3.95. The molecule has 0 atom stereocenters. The zero-order valence-electron chi connectivity index (χ0n) is 15.2. The van der Waals surface area contributed by atoms with Gasteiger partial charge in [-0.05, 0) is 49.2 Å². The van der Waals surface area contributed by atoms with E-state index in [0.717, 1.165) is 11.3 Å². The highest BCUT2D eigenvalue weighted by atomic mass is 16.5. The van der Waals surface area contributed by atoms with Gasteiger partial charge in [0.15, 0.2) is 5.65 Å². The number of carbonyl (C=O) groups is 1. The second-order valence-electron chi connectivity index (χ2n) is 5.91. The number of benzene rings is 1. The van der Waals surface area contributed by atoms with Gasteiger partial charge in [0.2, 0.25) is 5.91 Å². The summed E-state index contributed by atoms with van der Waals surface area (Å²) in [4.78, 5) is 24.0. The number of rotatable bonds is 8. The molecule has 0 aliphatic heterocycles. The number of fused-ring (bicyclic) bond motifs is 1. The van der Waals surface area contributed by atoms with Crippen LogP contribution in [0.5, 0.6) is 5.75 Å². The van der Waals surface area contributed by atoms with Crippen LogP contribution >= 0.6 is 0 Å². The third kappa shape index (κ3) is 4.84. The van der Waals surface area contributed by atoms with Crippen LogP contribution in [0.1, 0.15) is 18.9 Å². The molecule has 0 fully saturated rings. The van der Waals surface area contributed by atoms with Crippen molar-refractivity contribution in [3.63, 3.8) is 0 Å². The lowest BCUT2D eigenvalue weighted by molar-refractivity contribution is -0.116. The molecule has 0 bridgehead atoms. The summed E-state index contributed by atoms with van der Waals surface area (Å²) in [7, 11) is 0. The van der Waals surface area contributed by atoms with Crippen LogP contribution in [0.4, 0.5) is 0 Å². The molecule has 0 spiro atoms. The Morgan fingerprint density at radius 2 is 2.04 bits per heavy atom. The zero-order valence-corrected chi connectivity index (χ0v) is 15.2. The van der Waals surface area contributed by atoms with E-state index in [1.54, 1.807) is 24.4 Å². The molecule has 2 heterocycles. The Kier molecular flexibility index (Phi) is 6.04. The van der Waals surface area contributed by atoms with Crippen molar-refractivity contribution in [2.24, 2.45) is 0 Å². The highest BCUT2D eigenvalue weighted by Crippen LogP contribution is 2.12. The maximum atomic E-state index is 12.1. The van der Waals surface area contributed by atoms with Crippen molar-refractivity contribution in [1.29, 1.82) is 0 Å². The number of carbonyl (C=O) groups excluding carboxylic acids is 1. The summed E-state index contributed by atoms with van der Waals surface area (Å²) in [5, 5.41) is 7.06. The van der Waals surface area contributed by atoms with E-state index in [-0.39, 0.29) is 11.6 Å². The van der Waals surface area contributed by atoms with Crippen molar-refractivity contribution in [3.8, 4) is 5.75 Å². The number of hydrogen-bond acceptors (Lipinski definition) is 4. The van der Waals surface area contributed by atoms with Gasteiger partial charge in [0.25, 0.3) is 0 Å². The van der Waals surface area contributed by atoms with Crippen LogP contribution in [0, 0.1) is 0 Å². The van der Waals surface area contributed by atoms with Gasteiger partial charge in [0.05, 0.1) is 6.61 Å². The Labute approximate surface area is 156 Å². The minimum atomic E-state index is -0.175. The summed E-state index contributed by atoms with van der Waals surface area (Å²) in [5.74, 6) is 0.632. The summed E-state index contributed by atoms with van der Waals surface area (Å²) < 4.78 is 8.29. The number of aryl methyl sites for hydroxylation is 1. The van der Waals surface area contributed by atoms with Crippen LogP contribution in [0.25, 0.3) is 11.7 Å². The molecular weight excluding hydrogens is 344 g/mol. The van der Waals surface area contributed by atoms with Crippen molar-refractivity contribution in [3.05, 3.63) is 70.8 Å². The van der Waals surface area contributed by atoms with E-state index in [2.05, 4.69) is 10.4 Å². The van der Waals surface area contributed by atoms with E-state index in [4.69, 9.17) is 4.74 Å². The van der Waals surface area contributed by atoms with Crippen LogP contribution in [-0.4, -0.2) is 33.2 Å². The van der Waals surface area contributed by atoms with E-state index in [1.165, 1.54) is 15.2 Å². The maximum Gasteiger partial charge on any atom is 0.350 e. The largest absolute Gasteiger partial charge is 0.494 e. The average molecular weight is 366 g/mol. The fraction of sp³-hybridized carbons (Fsp3) is 0.250. The Bertz CT molecular complexity index is 986. The number of amides is 1. The number of hydrogen-bond donors (Lipinski definition) is 1. The fourth-order valence-corrected chi connectivity index (χ4v) is 2.63. The monoisotopic (exact) mass is 366 g/mol. The van der Waals surface area contributed by atoms with Gasteiger partial charge in [-0.2, -0.15) is 0 Å². The first-order valence-corrected chi connectivity index (χ1v) is 8.90. The number of pyridine rings is 1. The topological polar surface area (TPSA) is 77.6 Å². The minimum absolute atomic E-state index is 0.174. The SMILES string of the molecule is CCOc1ccc(/C=C/C(=O)NCCCn2nc3ccccn3c2=O)cc1. The normalized spacial score (nSPS) is 11.1. The van der Waals surface area contributed by atoms with Gasteiger partial charge >= 0.3 is 5.69 Å². The predicted molar refractivity (Wildman–Crippen MR) is 104 cm³/mol. The van der Waals surface area contributed by atoms with Crippen LogP contribution in [0.3, 0.4) is 0 Å². The summed E-state index contributed by atoms with van der Waals surface area (Å²) >= 11 is 0. The molecule has 140 valence electrons. The first-order chi connectivity index (χ1) is 13.2. The fourth-order valence-electron chi connectivity index (χ4n) is 2.63. The molecule has 0 saturated carbocycles. The molecule has 1 amide bonds. The Balaban J connectivity index is 1.45. The molecule has 1 aromatic carbocycles. The zero-order chi connectivity index (χ0) is 19.1. The first-order valence-electron chi connectivity index (χ1n) is 8.90. The Hall–Kier alpha value is -3.35. The molecule has 2 aromatic heterocycles. The predicted octanol–water partition coefficient (Wildman–Crippen LogP) is 2.11. The van der Waals surface area contributed by atoms with Gasteiger partial charge in [-0.3, -0.25) is 9.20 Å². The minimum Gasteiger partial charge on any atom is -0.494 e. The highest BCUT2D eigenvalue weighted by Gasteiger charge is 2.05. The van der Waals surface area contributed by atoms with Crippen molar-refractivity contribution < 1.29 is 9.53 Å². The van der Waals surface area contributed by atoms with Crippen molar-refractivity contribution in [2.45, 2.75) is 19.9 Å². The van der Waals surface area contributed by atoms with E-state index in [1.807, 2.05) is 37.3 Å². The molecule has 3 rings (SSSR count). The molecule has 0 aliphatic rings. The van der Waals surface area contributed by atoms with E-state index in [9.17, 15) is 9.59 Å². The van der Waals surface area contributed by atoms with Crippen LogP contribution in [0.2, 0.25) is 0 Å². The number of nitrogens with one attached hydrogen (secondary N) is 1.